The van der Waals surface area contributed by atoms with E-state index < -0.39 is 12.3 Å². The van der Waals surface area contributed by atoms with Gasteiger partial charge in [-0.25, -0.2) is 19.2 Å². The summed E-state index contributed by atoms with van der Waals surface area (Å²) in [7, 11) is 0. The third-order valence-electron chi connectivity index (χ3n) is 20.3. The first kappa shape index (κ1) is 75.1. The van der Waals surface area contributed by atoms with Crippen LogP contribution in [0.1, 0.15) is 299 Å². The normalized spacial score (nSPS) is 16.5. The van der Waals surface area contributed by atoms with E-state index in [1.165, 1.54) is 33.4 Å². The number of aryl methyl sites for hydroxylation is 4. The summed E-state index contributed by atoms with van der Waals surface area (Å²) in [4.78, 5) is 54.5. The molecule has 0 saturated carbocycles. The summed E-state index contributed by atoms with van der Waals surface area (Å²) >= 11 is 0. The Kier molecular flexibility index (Phi) is 25.3. The van der Waals surface area contributed by atoms with E-state index in [2.05, 4.69) is 154 Å². The van der Waals surface area contributed by atoms with Crippen LogP contribution in [0.3, 0.4) is 0 Å². The third kappa shape index (κ3) is 19.8. The molecule has 8 rings (SSSR count). The molecule has 6 aromatic carbocycles. The first-order valence-corrected chi connectivity index (χ1v) is 36.0. The Morgan fingerprint density at radius 2 is 0.835 bits per heavy atom. The predicted molar refractivity (Wildman–Crippen MR) is 394 cm³/mol. The number of benzene rings is 6. The van der Waals surface area contributed by atoms with Gasteiger partial charge in [-0.2, -0.15) is 0 Å². The van der Waals surface area contributed by atoms with Crippen LogP contribution < -0.4 is 18.9 Å². The van der Waals surface area contributed by atoms with Crippen molar-refractivity contribution >= 4 is 24.2 Å². The van der Waals surface area contributed by atoms with Crippen LogP contribution >= 0.6 is 0 Å². The lowest BCUT2D eigenvalue weighted by Gasteiger charge is -2.30. The standard InChI is InChI=1S/C87H112O10/c1-20-21-36-67(71-52-75(86(14,15)16)79(48-58(71)7)96-83(90)92-60(9)63-42-38-55(4)39-43-63)72-53-76(87(17,18)19)80(49-59(72)8)97-84(91)93-61(10)64-44-40-62(41-45-64)31-25-22-30-37-68(70-50-69(54(2)3)77(46-56(70)5)94-81(88)65-32-26-23-27-33-65)73-51-74(85(11,12)13)78(47-57(73)6)95-82(89)66-34-28-24-29-35-66/h23-24,26-29,32-35,38,40,46-54,60-61,63-64,67-68H,20-22,25,30-31,36-37,39,41-45H2,1-19H3. The zero-order valence-electron chi connectivity index (χ0n) is 62.1. The summed E-state index contributed by atoms with van der Waals surface area (Å²) in [6, 6.07) is 35.4. The Morgan fingerprint density at radius 1 is 0.443 bits per heavy atom. The summed E-state index contributed by atoms with van der Waals surface area (Å²) < 4.78 is 36.9. The maximum absolute atomic E-state index is 14.0. The van der Waals surface area contributed by atoms with Crippen molar-refractivity contribution in [1.29, 1.82) is 0 Å². The molecule has 10 heteroatoms. The minimum Gasteiger partial charge on any atom is -0.431 e. The molecular weight excluding hydrogens is 1200 g/mol. The van der Waals surface area contributed by atoms with Crippen LogP contribution in [0, 0.1) is 39.5 Å². The van der Waals surface area contributed by atoms with Gasteiger partial charge in [0, 0.05) is 28.5 Å². The Morgan fingerprint density at radius 3 is 1.23 bits per heavy atom. The van der Waals surface area contributed by atoms with Crippen molar-refractivity contribution in [3.8, 4) is 23.0 Å². The van der Waals surface area contributed by atoms with Gasteiger partial charge in [0.05, 0.1) is 11.1 Å². The van der Waals surface area contributed by atoms with Gasteiger partial charge in [0.15, 0.2) is 0 Å². The molecule has 0 aliphatic heterocycles. The lowest BCUT2D eigenvalue weighted by Crippen LogP contribution is -2.28. The van der Waals surface area contributed by atoms with Crippen LogP contribution in [-0.2, 0) is 25.7 Å². The van der Waals surface area contributed by atoms with Gasteiger partial charge in [0.25, 0.3) is 0 Å². The van der Waals surface area contributed by atoms with E-state index in [1.807, 2.05) is 74.5 Å². The summed E-state index contributed by atoms with van der Waals surface area (Å²) in [5.41, 5.74) is 15.5. The summed E-state index contributed by atoms with van der Waals surface area (Å²) in [5, 5.41) is 0. The highest BCUT2D eigenvalue weighted by molar-refractivity contribution is 5.92. The molecule has 520 valence electrons. The number of unbranched alkanes of at least 4 members (excludes halogenated alkanes) is 3. The molecule has 0 spiro atoms. The molecule has 2 aliphatic carbocycles. The number of allylic oxidation sites excluding steroid dienone is 4. The molecule has 0 radical (unpaired) electrons. The van der Waals surface area contributed by atoms with Gasteiger partial charge < -0.3 is 28.4 Å². The lowest BCUT2D eigenvalue weighted by atomic mass is 9.76. The minimum absolute atomic E-state index is 0.0109. The van der Waals surface area contributed by atoms with E-state index in [0.29, 0.717) is 34.1 Å². The van der Waals surface area contributed by atoms with E-state index in [0.717, 1.165) is 134 Å². The van der Waals surface area contributed by atoms with Gasteiger partial charge in [-0.1, -0.05) is 193 Å². The average Bonchev–Trinajstić information content (AvgIpc) is 0.778. The molecule has 0 fully saturated rings. The van der Waals surface area contributed by atoms with E-state index in [4.69, 9.17) is 28.4 Å². The van der Waals surface area contributed by atoms with Gasteiger partial charge in [-0.05, 0) is 245 Å². The van der Waals surface area contributed by atoms with Crippen LogP contribution in [0.25, 0.3) is 0 Å². The lowest BCUT2D eigenvalue weighted by molar-refractivity contribution is 0.0354. The molecule has 6 atom stereocenters. The molecule has 0 aromatic heterocycles. The van der Waals surface area contributed by atoms with Crippen molar-refractivity contribution in [3.63, 3.8) is 0 Å². The van der Waals surface area contributed by atoms with Crippen molar-refractivity contribution < 1.29 is 47.6 Å². The molecule has 0 heterocycles. The molecule has 10 nitrogen and oxygen atoms in total. The molecule has 0 bridgehead atoms. The average molecular weight is 1320 g/mol. The highest BCUT2D eigenvalue weighted by Crippen LogP contribution is 2.46. The third-order valence-corrected chi connectivity index (χ3v) is 20.3. The van der Waals surface area contributed by atoms with Crippen LogP contribution in [-0.4, -0.2) is 36.5 Å². The van der Waals surface area contributed by atoms with Crippen LogP contribution in [0.15, 0.2) is 132 Å². The fourth-order valence-electron chi connectivity index (χ4n) is 14.3. The number of esters is 2. The minimum atomic E-state index is -0.689. The van der Waals surface area contributed by atoms with E-state index in [-0.39, 0.29) is 70.0 Å². The van der Waals surface area contributed by atoms with E-state index in [1.54, 1.807) is 24.3 Å². The van der Waals surface area contributed by atoms with Crippen LogP contribution in [0.2, 0.25) is 0 Å². The van der Waals surface area contributed by atoms with Gasteiger partial charge in [-0.15, -0.1) is 0 Å². The summed E-state index contributed by atoms with van der Waals surface area (Å²) in [6.07, 6.45) is 16.3. The molecule has 0 saturated heterocycles. The van der Waals surface area contributed by atoms with Crippen LogP contribution in [0.5, 0.6) is 23.0 Å². The van der Waals surface area contributed by atoms with Crippen molar-refractivity contribution in [2.45, 2.75) is 268 Å². The topological polar surface area (TPSA) is 124 Å². The molecule has 2 aliphatic rings. The van der Waals surface area contributed by atoms with Crippen LogP contribution in [0.4, 0.5) is 9.59 Å². The Hall–Kier alpha value is -7.72. The van der Waals surface area contributed by atoms with Gasteiger partial charge in [0.2, 0.25) is 0 Å². The highest BCUT2D eigenvalue weighted by atomic mass is 16.7. The molecule has 6 unspecified atom stereocenters. The van der Waals surface area contributed by atoms with Gasteiger partial charge >= 0.3 is 24.2 Å². The number of carbonyl (C=O) groups is 4. The zero-order chi connectivity index (χ0) is 70.7. The maximum Gasteiger partial charge on any atom is 0.514 e. The van der Waals surface area contributed by atoms with Crippen molar-refractivity contribution in [2.24, 2.45) is 11.8 Å². The first-order valence-electron chi connectivity index (χ1n) is 36.0. The zero-order valence-corrected chi connectivity index (χ0v) is 62.1. The Labute approximate surface area is 581 Å². The quantitative estimate of drug-likeness (QED) is 0.0190. The monoisotopic (exact) mass is 1320 g/mol. The van der Waals surface area contributed by atoms with E-state index in [9.17, 15) is 19.2 Å². The fraction of sp³-hybridized carbons (Fsp3) is 0.494. The van der Waals surface area contributed by atoms with Crippen molar-refractivity contribution in [3.05, 3.63) is 210 Å². The number of hydrogen-bond acceptors (Lipinski definition) is 10. The van der Waals surface area contributed by atoms with Crippen molar-refractivity contribution in [2.75, 3.05) is 0 Å². The number of carbonyl (C=O) groups excluding carboxylic acids is 4. The smallest absolute Gasteiger partial charge is 0.431 e. The number of ether oxygens (including phenoxy) is 6. The highest BCUT2D eigenvalue weighted by Gasteiger charge is 2.34. The second-order valence-electron chi connectivity index (χ2n) is 31.5. The van der Waals surface area contributed by atoms with Crippen molar-refractivity contribution in [1.82, 2.24) is 0 Å². The second-order valence-corrected chi connectivity index (χ2v) is 31.5. The largest absolute Gasteiger partial charge is 0.514 e. The molecular formula is C87H112O10. The Balaban J connectivity index is 0.937. The molecule has 0 N–H and O–H groups in total. The number of rotatable bonds is 24. The maximum atomic E-state index is 14.0. The molecule has 97 heavy (non-hydrogen) atoms. The first-order chi connectivity index (χ1) is 45.8. The summed E-state index contributed by atoms with van der Waals surface area (Å²) in [5.74, 6) is 1.98. The molecule has 6 aromatic rings. The summed E-state index contributed by atoms with van der Waals surface area (Å²) in [6.45, 7) is 40.5. The molecule has 0 amide bonds. The second kappa shape index (κ2) is 32.8. The SMILES string of the molecule is CCCCC(c1cc(C(C)(C)C)c(OC(=O)OC(C)C2CC=C(C)CC2)cc1C)c1cc(C(C)(C)C)c(OC(=O)OC(C)C2CC=C(CCCCCC(c3cc(C(C)C)c(OC(=O)c4ccccc4)cc3C)c3cc(C(C)(C)C)c(OC(=O)c4ccccc4)cc3C)CC2)cc1C. The Bertz CT molecular complexity index is 3790. The van der Waals surface area contributed by atoms with Gasteiger partial charge in [-0.3, -0.25) is 0 Å². The fourth-order valence-corrected chi connectivity index (χ4v) is 14.3. The predicted octanol–water partition coefficient (Wildman–Crippen LogP) is 23.8. The van der Waals surface area contributed by atoms with Gasteiger partial charge in [0.1, 0.15) is 35.2 Å². The number of hydrogen-bond donors (Lipinski definition) is 0. The van der Waals surface area contributed by atoms with E-state index >= 15 is 0 Å².